The van der Waals surface area contributed by atoms with E-state index in [0.29, 0.717) is 11.6 Å². The topological polar surface area (TPSA) is 111 Å². The highest BCUT2D eigenvalue weighted by molar-refractivity contribution is 5.99. The van der Waals surface area contributed by atoms with Crippen molar-refractivity contribution in [3.8, 4) is 28.2 Å². The first-order valence-corrected chi connectivity index (χ1v) is 11.2. The van der Waals surface area contributed by atoms with Crippen LogP contribution in [0.2, 0.25) is 0 Å². The molecule has 0 radical (unpaired) electrons. The van der Waals surface area contributed by atoms with E-state index in [1.807, 2.05) is 18.3 Å². The number of aromatic nitrogens is 7. The Morgan fingerprint density at radius 1 is 1.00 bits per heavy atom. The molecule has 0 fully saturated rings. The van der Waals surface area contributed by atoms with Crippen LogP contribution < -0.4 is 5.73 Å². The number of nitrogens with one attached hydrogen (secondary N) is 1. The quantitative estimate of drug-likeness (QED) is 0.402. The van der Waals surface area contributed by atoms with Crippen molar-refractivity contribution in [1.29, 1.82) is 0 Å². The van der Waals surface area contributed by atoms with Crippen molar-refractivity contribution in [2.45, 2.75) is 19.3 Å². The number of aromatic amines is 1. The van der Waals surface area contributed by atoms with Gasteiger partial charge in [-0.25, -0.2) is 15.0 Å². The van der Waals surface area contributed by atoms with E-state index in [4.69, 9.17) is 10.7 Å². The number of pyridine rings is 2. The molecule has 0 aliphatic carbocycles. The van der Waals surface area contributed by atoms with Gasteiger partial charge in [-0.15, -0.1) is 0 Å². The van der Waals surface area contributed by atoms with Crippen molar-refractivity contribution >= 4 is 27.8 Å². The van der Waals surface area contributed by atoms with E-state index >= 15 is 0 Å². The third-order valence-electron chi connectivity index (χ3n) is 6.61. The molecule has 1 aliphatic heterocycles. The molecule has 7 rings (SSSR count). The smallest absolute Gasteiger partial charge is 0.157 e. The summed E-state index contributed by atoms with van der Waals surface area (Å²) in [6, 6.07) is 16.5. The van der Waals surface area contributed by atoms with E-state index in [9.17, 15) is 0 Å². The fourth-order valence-corrected chi connectivity index (χ4v) is 5.13. The largest absolute Gasteiger partial charge is 0.384 e. The first-order chi connectivity index (χ1) is 16.7. The Bertz CT molecular complexity index is 1710. The summed E-state index contributed by atoms with van der Waals surface area (Å²) < 4.78 is 2.29. The monoisotopic (exact) mass is 444 g/mol. The zero-order chi connectivity index (χ0) is 22.8. The van der Waals surface area contributed by atoms with Crippen LogP contribution >= 0.6 is 0 Å². The Kier molecular flexibility index (Phi) is 3.87. The molecular weight excluding hydrogens is 424 g/mol. The van der Waals surface area contributed by atoms with E-state index in [1.165, 1.54) is 17.3 Å². The van der Waals surface area contributed by atoms with Crippen molar-refractivity contribution in [2.75, 3.05) is 5.73 Å². The van der Waals surface area contributed by atoms with Crippen LogP contribution in [0.15, 0.2) is 67.3 Å². The Hall–Kier alpha value is -4.59. The molecule has 0 amide bonds. The fraction of sp³-hybridized carbons (Fsp3) is 0.115. The van der Waals surface area contributed by atoms with Crippen LogP contribution in [-0.4, -0.2) is 34.7 Å². The van der Waals surface area contributed by atoms with Crippen LogP contribution in [0.25, 0.3) is 50.1 Å². The lowest BCUT2D eigenvalue weighted by Gasteiger charge is -2.12. The maximum absolute atomic E-state index is 6.01. The number of benzene rings is 2. The highest BCUT2D eigenvalue weighted by atomic mass is 15.2. The standard InChI is InChI=1S/C26H20N8/c1-14-9-16-3-2-4-19-23(16)20(6-8-28-19)34-21-11-17(15-5-7-29-22(27)12-15)10-18(24(21)32-26(14)34)25-30-13-31-33-25/h2-8,10-14H,9H2,1H3,(H2,27,29)(H,30,31,33). The third kappa shape index (κ3) is 2.68. The van der Waals surface area contributed by atoms with Crippen molar-refractivity contribution in [1.82, 2.24) is 34.7 Å². The molecule has 6 aromatic rings. The van der Waals surface area contributed by atoms with E-state index in [1.54, 1.807) is 6.20 Å². The summed E-state index contributed by atoms with van der Waals surface area (Å²) in [5.74, 6) is 2.39. The molecule has 0 spiro atoms. The van der Waals surface area contributed by atoms with Gasteiger partial charge in [-0.05, 0) is 59.5 Å². The number of nitrogens with two attached hydrogens (primary N) is 1. The van der Waals surface area contributed by atoms with Gasteiger partial charge in [-0.2, -0.15) is 5.10 Å². The summed E-state index contributed by atoms with van der Waals surface area (Å²) in [7, 11) is 0. The van der Waals surface area contributed by atoms with Crippen LogP contribution in [0.5, 0.6) is 0 Å². The zero-order valence-electron chi connectivity index (χ0n) is 18.4. The highest BCUT2D eigenvalue weighted by Crippen LogP contribution is 2.40. The van der Waals surface area contributed by atoms with Gasteiger partial charge in [0.2, 0.25) is 0 Å². The molecule has 34 heavy (non-hydrogen) atoms. The van der Waals surface area contributed by atoms with Gasteiger partial charge in [-0.3, -0.25) is 14.6 Å². The summed E-state index contributed by atoms with van der Waals surface area (Å²) in [5.41, 5.74) is 14.2. The molecule has 1 unspecified atom stereocenters. The lowest BCUT2D eigenvalue weighted by atomic mass is 9.98. The number of nitrogen functional groups attached to an aromatic ring is 1. The number of anilines is 1. The molecule has 1 atom stereocenters. The number of hydrogen-bond acceptors (Lipinski definition) is 6. The van der Waals surface area contributed by atoms with Gasteiger partial charge in [0.15, 0.2) is 5.82 Å². The first kappa shape index (κ1) is 18.9. The molecule has 5 heterocycles. The number of nitrogens with zero attached hydrogens (tertiary/aromatic N) is 6. The number of rotatable bonds is 2. The third-order valence-corrected chi connectivity index (χ3v) is 6.61. The first-order valence-electron chi connectivity index (χ1n) is 11.2. The summed E-state index contributed by atoms with van der Waals surface area (Å²) in [6.07, 6.45) is 6.01. The predicted molar refractivity (Wildman–Crippen MR) is 132 cm³/mol. The van der Waals surface area contributed by atoms with Crippen LogP contribution in [-0.2, 0) is 6.42 Å². The van der Waals surface area contributed by atoms with E-state index < -0.39 is 0 Å². The molecule has 4 aromatic heterocycles. The minimum absolute atomic E-state index is 0.216. The summed E-state index contributed by atoms with van der Waals surface area (Å²) >= 11 is 0. The average molecular weight is 445 g/mol. The Morgan fingerprint density at radius 3 is 2.76 bits per heavy atom. The van der Waals surface area contributed by atoms with Gasteiger partial charge in [0.1, 0.15) is 23.5 Å². The van der Waals surface area contributed by atoms with Crippen LogP contribution in [0.4, 0.5) is 5.82 Å². The molecule has 0 saturated carbocycles. The predicted octanol–water partition coefficient (Wildman–Crippen LogP) is 4.66. The Labute approximate surface area is 194 Å². The molecule has 0 saturated heterocycles. The SMILES string of the molecule is CC1Cc2cccc3nccc(c23)-n2c1nc1c(-c3ncn[nH]3)cc(-c3ccnc(N)c3)cc12. The van der Waals surface area contributed by atoms with Crippen molar-refractivity contribution in [3.63, 3.8) is 0 Å². The molecule has 2 aromatic carbocycles. The molecule has 3 N–H and O–H groups in total. The summed E-state index contributed by atoms with van der Waals surface area (Å²) in [5, 5.41) is 8.28. The minimum atomic E-state index is 0.216. The van der Waals surface area contributed by atoms with Gasteiger partial charge in [0.25, 0.3) is 0 Å². The number of imidazole rings is 1. The van der Waals surface area contributed by atoms with E-state index in [0.717, 1.165) is 51.2 Å². The molecule has 0 bridgehead atoms. The summed E-state index contributed by atoms with van der Waals surface area (Å²) in [4.78, 5) is 18.4. The Morgan fingerprint density at radius 2 is 1.91 bits per heavy atom. The second kappa shape index (κ2) is 6.95. The number of hydrogen-bond donors (Lipinski definition) is 2. The second-order valence-electron chi connectivity index (χ2n) is 8.75. The van der Waals surface area contributed by atoms with Crippen molar-refractivity contribution in [2.24, 2.45) is 0 Å². The molecule has 1 aliphatic rings. The molecular formula is C26H20N8. The van der Waals surface area contributed by atoms with Crippen LogP contribution in [0, 0.1) is 0 Å². The van der Waals surface area contributed by atoms with Crippen LogP contribution in [0.3, 0.4) is 0 Å². The fourth-order valence-electron chi connectivity index (χ4n) is 5.13. The number of fused-ring (bicyclic) bond motifs is 4. The van der Waals surface area contributed by atoms with Gasteiger partial charge < -0.3 is 5.73 Å². The molecule has 8 heteroatoms. The van der Waals surface area contributed by atoms with E-state index in [2.05, 4.69) is 73.0 Å². The lowest BCUT2D eigenvalue weighted by molar-refractivity contribution is 0.700. The minimum Gasteiger partial charge on any atom is -0.384 e. The van der Waals surface area contributed by atoms with Crippen LogP contribution in [0.1, 0.15) is 24.2 Å². The van der Waals surface area contributed by atoms with Gasteiger partial charge in [-0.1, -0.05) is 19.1 Å². The molecule has 8 nitrogen and oxygen atoms in total. The lowest BCUT2D eigenvalue weighted by Crippen LogP contribution is -2.04. The van der Waals surface area contributed by atoms with E-state index in [-0.39, 0.29) is 5.92 Å². The second-order valence-corrected chi connectivity index (χ2v) is 8.75. The zero-order valence-corrected chi connectivity index (χ0v) is 18.4. The molecule has 164 valence electrons. The normalized spacial score (nSPS) is 14.9. The number of H-pyrrole nitrogens is 1. The van der Waals surface area contributed by atoms with Gasteiger partial charge in [0.05, 0.1) is 16.7 Å². The van der Waals surface area contributed by atoms with Crippen molar-refractivity contribution in [3.05, 3.63) is 78.6 Å². The van der Waals surface area contributed by atoms with Crippen molar-refractivity contribution < 1.29 is 0 Å². The average Bonchev–Trinajstić information content (AvgIpc) is 3.49. The van der Waals surface area contributed by atoms with Gasteiger partial charge >= 0.3 is 0 Å². The highest BCUT2D eigenvalue weighted by Gasteiger charge is 2.27. The Balaban J connectivity index is 1.63. The summed E-state index contributed by atoms with van der Waals surface area (Å²) in [6.45, 7) is 2.23. The van der Waals surface area contributed by atoms with Gasteiger partial charge in [0, 0.05) is 29.3 Å². The maximum atomic E-state index is 6.01. The maximum Gasteiger partial charge on any atom is 0.157 e.